The van der Waals surface area contributed by atoms with E-state index >= 15 is 0 Å². The molecule has 0 saturated carbocycles. The molecule has 0 aromatic heterocycles. The van der Waals surface area contributed by atoms with Crippen LogP contribution >= 0.6 is 0 Å². The number of anilines is 1. The van der Waals surface area contributed by atoms with Crippen LogP contribution in [0.1, 0.15) is 16.7 Å². The average molecular weight is 507 g/mol. The normalized spacial score (nSPS) is 10.9. The number of ether oxygens (including phenoxy) is 4. The molecule has 10 heteroatoms. The van der Waals surface area contributed by atoms with Crippen LogP contribution in [0, 0.1) is 10.1 Å². The van der Waals surface area contributed by atoms with Gasteiger partial charge in [-0.2, -0.15) is 0 Å². The molecule has 3 aromatic rings. The molecule has 0 saturated heterocycles. The molecule has 192 valence electrons. The van der Waals surface area contributed by atoms with Gasteiger partial charge in [0, 0.05) is 17.7 Å². The Labute approximate surface area is 213 Å². The Hall–Kier alpha value is -4.99. The van der Waals surface area contributed by atoms with Crippen molar-refractivity contribution in [3.8, 4) is 28.7 Å². The number of para-hydroxylation sites is 1. The van der Waals surface area contributed by atoms with Crippen molar-refractivity contribution in [2.45, 2.75) is 0 Å². The van der Waals surface area contributed by atoms with Gasteiger partial charge in [-0.1, -0.05) is 24.3 Å². The van der Waals surface area contributed by atoms with Gasteiger partial charge in [-0.25, -0.2) is 0 Å². The fourth-order valence-corrected chi connectivity index (χ4v) is 3.53. The number of hydrogen-bond acceptors (Lipinski definition) is 8. The third-order valence-electron chi connectivity index (χ3n) is 5.33. The SMILES string of the molecule is COc1ccc(/C=C/c2cc(OC)c(OC)c(OC)c2)c(NC(=O)/C=C/c2ccccc2[N+](=O)[O-])c1O. The number of methoxy groups -OCH3 is 4. The molecular formula is C27H26N2O8. The minimum absolute atomic E-state index is 0.0975. The van der Waals surface area contributed by atoms with E-state index in [1.807, 2.05) is 0 Å². The molecule has 0 fully saturated rings. The second-order valence-corrected chi connectivity index (χ2v) is 7.51. The molecule has 10 nitrogen and oxygen atoms in total. The lowest BCUT2D eigenvalue weighted by Gasteiger charge is -2.14. The van der Waals surface area contributed by atoms with Crippen molar-refractivity contribution in [1.29, 1.82) is 0 Å². The summed E-state index contributed by atoms with van der Waals surface area (Å²) in [6.45, 7) is 0. The van der Waals surface area contributed by atoms with E-state index in [-0.39, 0.29) is 28.4 Å². The molecule has 0 radical (unpaired) electrons. The van der Waals surface area contributed by atoms with Crippen molar-refractivity contribution in [2.75, 3.05) is 33.8 Å². The van der Waals surface area contributed by atoms with Crippen molar-refractivity contribution < 1.29 is 33.8 Å². The van der Waals surface area contributed by atoms with Crippen LogP contribution in [0.4, 0.5) is 11.4 Å². The number of phenolic OH excluding ortho intramolecular Hbond substituents is 1. The molecule has 0 bridgehead atoms. The molecule has 0 spiro atoms. The summed E-state index contributed by atoms with van der Waals surface area (Å²) in [4.78, 5) is 23.4. The number of nitrogens with one attached hydrogen (secondary N) is 1. The fourth-order valence-electron chi connectivity index (χ4n) is 3.53. The Morgan fingerprint density at radius 3 is 2.11 bits per heavy atom. The molecule has 3 rings (SSSR count). The van der Waals surface area contributed by atoms with Crippen LogP contribution in [0.3, 0.4) is 0 Å². The third kappa shape index (κ3) is 6.17. The number of nitrogens with zero attached hydrogens (tertiary/aromatic N) is 1. The smallest absolute Gasteiger partial charge is 0.276 e. The molecule has 0 unspecified atom stereocenters. The number of phenols is 1. The zero-order valence-electron chi connectivity index (χ0n) is 20.7. The van der Waals surface area contributed by atoms with Gasteiger partial charge in [0.1, 0.15) is 0 Å². The summed E-state index contributed by atoms with van der Waals surface area (Å²) >= 11 is 0. The highest BCUT2D eigenvalue weighted by atomic mass is 16.6. The van der Waals surface area contributed by atoms with E-state index in [0.717, 1.165) is 6.08 Å². The largest absolute Gasteiger partial charge is 0.503 e. The first-order valence-electron chi connectivity index (χ1n) is 10.9. The van der Waals surface area contributed by atoms with E-state index in [1.54, 1.807) is 42.5 Å². The zero-order chi connectivity index (χ0) is 26.9. The highest BCUT2D eigenvalue weighted by Crippen LogP contribution is 2.40. The Morgan fingerprint density at radius 1 is 0.865 bits per heavy atom. The van der Waals surface area contributed by atoms with Crippen molar-refractivity contribution >= 4 is 35.5 Å². The van der Waals surface area contributed by atoms with Crippen molar-refractivity contribution in [2.24, 2.45) is 0 Å². The molecule has 0 atom stereocenters. The number of nitro benzene ring substituents is 1. The van der Waals surface area contributed by atoms with E-state index < -0.39 is 10.8 Å². The van der Waals surface area contributed by atoms with E-state index in [0.29, 0.717) is 28.4 Å². The maximum Gasteiger partial charge on any atom is 0.276 e. The van der Waals surface area contributed by atoms with Crippen LogP contribution in [0.5, 0.6) is 28.7 Å². The summed E-state index contributed by atoms with van der Waals surface area (Å²) in [5, 5.41) is 24.5. The maximum atomic E-state index is 12.7. The Kier molecular flexibility index (Phi) is 8.71. The van der Waals surface area contributed by atoms with Gasteiger partial charge in [-0.15, -0.1) is 0 Å². The molecule has 1 amide bonds. The first-order chi connectivity index (χ1) is 17.8. The molecule has 0 heterocycles. The van der Waals surface area contributed by atoms with Gasteiger partial charge >= 0.3 is 0 Å². The number of carbonyl (C=O) groups is 1. The molecular weight excluding hydrogens is 480 g/mol. The van der Waals surface area contributed by atoms with Gasteiger partial charge in [-0.3, -0.25) is 14.9 Å². The van der Waals surface area contributed by atoms with Gasteiger partial charge in [0.15, 0.2) is 23.0 Å². The first-order valence-corrected chi connectivity index (χ1v) is 10.9. The number of benzene rings is 3. The number of rotatable bonds is 10. The second kappa shape index (κ2) is 12.1. The van der Waals surface area contributed by atoms with Crippen LogP contribution in [0.25, 0.3) is 18.2 Å². The fraction of sp³-hybridized carbons (Fsp3) is 0.148. The lowest BCUT2D eigenvalue weighted by atomic mass is 10.1. The van der Waals surface area contributed by atoms with Crippen molar-refractivity contribution in [3.63, 3.8) is 0 Å². The lowest BCUT2D eigenvalue weighted by Crippen LogP contribution is -2.09. The Bertz CT molecular complexity index is 1340. The predicted molar refractivity (Wildman–Crippen MR) is 140 cm³/mol. The molecule has 3 aromatic carbocycles. The minimum atomic E-state index is -0.607. The van der Waals surface area contributed by atoms with Crippen LogP contribution in [0.2, 0.25) is 0 Å². The highest BCUT2D eigenvalue weighted by Gasteiger charge is 2.16. The molecule has 0 aliphatic rings. The number of nitro groups is 1. The van der Waals surface area contributed by atoms with Gasteiger partial charge in [-0.05, 0) is 42.0 Å². The van der Waals surface area contributed by atoms with E-state index in [4.69, 9.17) is 18.9 Å². The van der Waals surface area contributed by atoms with Crippen molar-refractivity contribution in [1.82, 2.24) is 0 Å². The van der Waals surface area contributed by atoms with Gasteiger partial charge < -0.3 is 29.4 Å². The van der Waals surface area contributed by atoms with Crippen LogP contribution in [-0.2, 0) is 4.79 Å². The first kappa shape index (κ1) is 26.6. The maximum absolute atomic E-state index is 12.7. The number of hydrogen-bond donors (Lipinski definition) is 2. The van der Waals surface area contributed by atoms with Crippen LogP contribution in [-0.4, -0.2) is 44.4 Å². The summed E-state index contributed by atoms with van der Waals surface area (Å²) in [5.74, 6) is 0.650. The second-order valence-electron chi connectivity index (χ2n) is 7.51. The lowest BCUT2D eigenvalue weighted by molar-refractivity contribution is -0.385. The predicted octanol–water partition coefficient (Wildman–Crippen LogP) is 5.16. The summed E-state index contributed by atoms with van der Waals surface area (Å²) < 4.78 is 21.3. The number of carbonyl (C=O) groups excluding carboxylic acids is 1. The van der Waals surface area contributed by atoms with Crippen LogP contribution < -0.4 is 24.3 Å². The topological polar surface area (TPSA) is 129 Å². The summed E-state index contributed by atoms with van der Waals surface area (Å²) in [6.07, 6.45) is 5.90. The molecule has 0 aliphatic heterocycles. The molecule has 0 aliphatic carbocycles. The summed E-state index contributed by atoms with van der Waals surface area (Å²) in [7, 11) is 5.92. The summed E-state index contributed by atoms with van der Waals surface area (Å²) in [5.41, 5.74) is 1.41. The number of aromatic hydroxyl groups is 1. The van der Waals surface area contributed by atoms with E-state index in [9.17, 15) is 20.0 Å². The average Bonchev–Trinajstić information content (AvgIpc) is 2.91. The Morgan fingerprint density at radius 2 is 1.51 bits per heavy atom. The van der Waals surface area contributed by atoms with Crippen molar-refractivity contribution in [3.05, 3.63) is 81.4 Å². The molecule has 2 N–H and O–H groups in total. The van der Waals surface area contributed by atoms with Gasteiger partial charge in [0.2, 0.25) is 11.7 Å². The quantitative estimate of drug-likeness (QED) is 0.127. The summed E-state index contributed by atoms with van der Waals surface area (Å²) in [6, 6.07) is 12.7. The van der Waals surface area contributed by atoms with Gasteiger partial charge in [0.25, 0.3) is 5.69 Å². The molecule has 37 heavy (non-hydrogen) atoms. The van der Waals surface area contributed by atoms with E-state index in [2.05, 4.69) is 5.32 Å². The third-order valence-corrected chi connectivity index (χ3v) is 5.33. The zero-order valence-corrected chi connectivity index (χ0v) is 20.7. The monoisotopic (exact) mass is 506 g/mol. The van der Waals surface area contributed by atoms with Crippen LogP contribution in [0.15, 0.2) is 54.6 Å². The minimum Gasteiger partial charge on any atom is -0.503 e. The Balaban J connectivity index is 1.94. The van der Waals surface area contributed by atoms with Gasteiger partial charge in [0.05, 0.1) is 44.6 Å². The standard InChI is InChI=1S/C27H26N2O8/c1-34-21-13-11-19(10-9-17-15-22(35-2)27(37-4)23(16-17)36-3)25(26(21)31)28-24(30)14-12-18-7-5-6-8-20(18)29(32)33/h5-16,31H,1-4H3,(H,28,30)/b10-9+,14-12+. The number of amides is 1. The highest BCUT2D eigenvalue weighted by molar-refractivity contribution is 6.05. The van der Waals surface area contributed by atoms with E-state index in [1.165, 1.54) is 52.7 Å².